The quantitative estimate of drug-likeness (QED) is 0.554. The molecule has 2 aliphatic rings. The van der Waals surface area contributed by atoms with Crippen molar-refractivity contribution < 1.29 is 14.4 Å². The molecular formula is C14H23N3O3. The predicted molar refractivity (Wildman–Crippen MR) is 73.5 cm³/mol. The average Bonchev–Trinajstić information content (AvgIpc) is 2.74. The highest BCUT2D eigenvalue weighted by Gasteiger charge is 2.28. The summed E-state index contributed by atoms with van der Waals surface area (Å²) in [6.45, 7) is 0.907. The lowest BCUT2D eigenvalue weighted by Gasteiger charge is -2.25. The SMILES string of the molecule is NC1CCCC(C(=O)NCCCN2C(=O)CCC2=O)C1. The Bertz CT molecular complexity index is 381. The first-order valence-electron chi connectivity index (χ1n) is 7.44. The van der Waals surface area contributed by atoms with Crippen molar-refractivity contribution in [3.05, 3.63) is 0 Å². The summed E-state index contributed by atoms with van der Waals surface area (Å²) in [5, 5.41) is 2.88. The summed E-state index contributed by atoms with van der Waals surface area (Å²) in [5.74, 6) is -0.118. The maximum Gasteiger partial charge on any atom is 0.229 e. The van der Waals surface area contributed by atoms with Crippen LogP contribution in [-0.4, -0.2) is 41.8 Å². The van der Waals surface area contributed by atoms with E-state index < -0.39 is 0 Å². The zero-order valence-corrected chi connectivity index (χ0v) is 11.8. The summed E-state index contributed by atoms with van der Waals surface area (Å²) < 4.78 is 0. The number of rotatable bonds is 5. The van der Waals surface area contributed by atoms with Crippen LogP contribution in [0.2, 0.25) is 0 Å². The van der Waals surface area contributed by atoms with E-state index in [2.05, 4.69) is 5.32 Å². The number of nitrogens with zero attached hydrogens (tertiary/aromatic N) is 1. The van der Waals surface area contributed by atoms with E-state index in [1.54, 1.807) is 0 Å². The molecule has 6 nitrogen and oxygen atoms in total. The molecule has 3 N–H and O–H groups in total. The van der Waals surface area contributed by atoms with Crippen molar-refractivity contribution in [2.75, 3.05) is 13.1 Å². The fraction of sp³-hybridized carbons (Fsp3) is 0.786. The molecule has 0 bridgehead atoms. The summed E-state index contributed by atoms with van der Waals surface area (Å²) >= 11 is 0. The number of amides is 3. The van der Waals surface area contributed by atoms with Gasteiger partial charge >= 0.3 is 0 Å². The molecule has 1 heterocycles. The minimum Gasteiger partial charge on any atom is -0.356 e. The van der Waals surface area contributed by atoms with Crippen LogP contribution in [-0.2, 0) is 14.4 Å². The van der Waals surface area contributed by atoms with Gasteiger partial charge in [0.1, 0.15) is 0 Å². The Labute approximate surface area is 119 Å². The first-order chi connectivity index (χ1) is 9.58. The molecule has 112 valence electrons. The first kappa shape index (κ1) is 15.0. The molecule has 2 rings (SSSR count). The summed E-state index contributed by atoms with van der Waals surface area (Å²) in [5.41, 5.74) is 5.87. The number of likely N-dealkylation sites (tertiary alicyclic amines) is 1. The van der Waals surface area contributed by atoms with E-state index >= 15 is 0 Å². The molecule has 0 aromatic heterocycles. The summed E-state index contributed by atoms with van der Waals surface area (Å²) in [6, 6.07) is 0.138. The number of hydrogen-bond donors (Lipinski definition) is 2. The number of hydrogen-bond acceptors (Lipinski definition) is 4. The number of imide groups is 1. The second kappa shape index (κ2) is 6.83. The molecule has 6 heteroatoms. The number of carbonyl (C=O) groups is 3. The highest BCUT2D eigenvalue weighted by Crippen LogP contribution is 2.23. The zero-order valence-electron chi connectivity index (χ0n) is 11.8. The Kier molecular flexibility index (Phi) is 5.11. The molecule has 20 heavy (non-hydrogen) atoms. The Hall–Kier alpha value is -1.43. The van der Waals surface area contributed by atoms with Crippen LogP contribution in [0.4, 0.5) is 0 Å². The third-order valence-electron chi connectivity index (χ3n) is 4.10. The zero-order chi connectivity index (χ0) is 14.5. The summed E-state index contributed by atoms with van der Waals surface area (Å²) in [4.78, 5) is 36.0. The van der Waals surface area contributed by atoms with Crippen LogP contribution in [0.5, 0.6) is 0 Å². The van der Waals surface area contributed by atoms with Crippen molar-refractivity contribution in [1.82, 2.24) is 10.2 Å². The highest BCUT2D eigenvalue weighted by molar-refractivity contribution is 6.01. The van der Waals surface area contributed by atoms with Crippen molar-refractivity contribution in [3.8, 4) is 0 Å². The lowest BCUT2D eigenvalue weighted by Crippen LogP contribution is -2.39. The van der Waals surface area contributed by atoms with Crippen molar-refractivity contribution in [2.24, 2.45) is 11.7 Å². The van der Waals surface area contributed by atoms with Gasteiger partial charge in [0.25, 0.3) is 0 Å². The minimum atomic E-state index is -0.0976. The predicted octanol–water partition coefficient (Wildman–Crippen LogP) is 0.159. The van der Waals surface area contributed by atoms with Gasteiger partial charge in [-0.15, -0.1) is 0 Å². The van der Waals surface area contributed by atoms with Gasteiger partial charge in [-0.2, -0.15) is 0 Å². The second-order valence-electron chi connectivity index (χ2n) is 5.71. The van der Waals surface area contributed by atoms with Gasteiger partial charge in [-0.3, -0.25) is 19.3 Å². The molecule has 0 aromatic carbocycles. The van der Waals surface area contributed by atoms with Gasteiger partial charge in [0.05, 0.1) is 0 Å². The van der Waals surface area contributed by atoms with Crippen molar-refractivity contribution in [3.63, 3.8) is 0 Å². The van der Waals surface area contributed by atoms with Gasteiger partial charge in [-0.25, -0.2) is 0 Å². The van der Waals surface area contributed by atoms with Gasteiger partial charge in [0.15, 0.2) is 0 Å². The van der Waals surface area contributed by atoms with Crippen LogP contribution in [0.1, 0.15) is 44.9 Å². The van der Waals surface area contributed by atoms with Crippen LogP contribution in [0.3, 0.4) is 0 Å². The molecule has 2 atom stereocenters. The van der Waals surface area contributed by atoms with E-state index in [0.717, 1.165) is 25.7 Å². The standard InChI is InChI=1S/C14H23N3O3/c15-11-4-1-3-10(9-11)14(20)16-7-2-8-17-12(18)5-6-13(17)19/h10-11H,1-9,15H2,(H,16,20). The molecule has 3 amide bonds. The van der Waals surface area contributed by atoms with Crippen molar-refractivity contribution in [2.45, 2.75) is 51.0 Å². The highest BCUT2D eigenvalue weighted by atomic mass is 16.2. The summed E-state index contributed by atoms with van der Waals surface area (Å²) in [6.07, 6.45) is 4.94. The molecule has 1 saturated carbocycles. The largest absolute Gasteiger partial charge is 0.356 e. The van der Waals surface area contributed by atoms with E-state index in [1.807, 2.05) is 0 Å². The normalized spacial score (nSPS) is 26.9. The fourth-order valence-electron chi connectivity index (χ4n) is 2.93. The lowest BCUT2D eigenvalue weighted by molar-refractivity contribution is -0.138. The maximum absolute atomic E-state index is 12.0. The molecule has 2 unspecified atom stereocenters. The number of carbonyl (C=O) groups excluding carboxylic acids is 3. The van der Waals surface area contributed by atoms with E-state index in [4.69, 9.17) is 5.73 Å². The van der Waals surface area contributed by atoms with Crippen LogP contribution >= 0.6 is 0 Å². The topological polar surface area (TPSA) is 92.5 Å². The van der Waals surface area contributed by atoms with Crippen molar-refractivity contribution >= 4 is 17.7 Å². The molecule has 2 fully saturated rings. The molecule has 1 saturated heterocycles. The van der Waals surface area contributed by atoms with Gasteiger partial charge in [-0.05, 0) is 25.7 Å². The number of nitrogens with one attached hydrogen (secondary N) is 1. The summed E-state index contributed by atoms with van der Waals surface area (Å²) in [7, 11) is 0. The van der Waals surface area contributed by atoms with Gasteiger partial charge in [0.2, 0.25) is 17.7 Å². The molecule has 1 aliphatic heterocycles. The monoisotopic (exact) mass is 281 g/mol. The second-order valence-corrected chi connectivity index (χ2v) is 5.71. The smallest absolute Gasteiger partial charge is 0.229 e. The van der Waals surface area contributed by atoms with Gasteiger partial charge in [-0.1, -0.05) is 6.42 Å². The minimum absolute atomic E-state index is 0.0220. The molecule has 0 spiro atoms. The van der Waals surface area contributed by atoms with Crippen LogP contribution in [0.25, 0.3) is 0 Å². The molecule has 0 aromatic rings. The Morgan fingerprint density at radius 2 is 1.95 bits per heavy atom. The molecular weight excluding hydrogens is 258 g/mol. The average molecular weight is 281 g/mol. The molecule has 0 radical (unpaired) electrons. The van der Waals surface area contributed by atoms with Crippen LogP contribution < -0.4 is 11.1 Å². The Morgan fingerprint density at radius 1 is 1.25 bits per heavy atom. The van der Waals surface area contributed by atoms with Crippen molar-refractivity contribution in [1.29, 1.82) is 0 Å². The Morgan fingerprint density at radius 3 is 2.60 bits per heavy atom. The van der Waals surface area contributed by atoms with E-state index in [9.17, 15) is 14.4 Å². The lowest BCUT2D eigenvalue weighted by atomic mass is 9.85. The molecule has 1 aliphatic carbocycles. The number of nitrogens with two attached hydrogens (primary N) is 1. The maximum atomic E-state index is 12.0. The van der Waals surface area contributed by atoms with Crippen LogP contribution in [0, 0.1) is 5.92 Å². The fourth-order valence-corrected chi connectivity index (χ4v) is 2.93. The van der Waals surface area contributed by atoms with E-state index in [-0.39, 0.29) is 29.7 Å². The first-order valence-corrected chi connectivity index (χ1v) is 7.44. The third-order valence-corrected chi connectivity index (χ3v) is 4.10. The van der Waals surface area contributed by atoms with Gasteiger partial charge < -0.3 is 11.1 Å². The van der Waals surface area contributed by atoms with Gasteiger partial charge in [0, 0.05) is 37.9 Å². The van der Waals surface area contributed by atoms with Crippen LogP contribution in [0.15, 0.2) is 0 Å². The Balaban J connectivity index is 1.64. The third kappa shape index (κ3) is 3.79. The van der Waals surface area contributed by atoms with E-state index in [0.29, 0.717) is 32.4 Å². The van der Waals surface area contributed by atoms with E-state index in [1.165, 1.54) is 4.90 Å².